The molecule has 3 unspecified atom stereocenters. The summed E-state index contributed by atoms with van der Waals surface area (Å²) in [6, 6.07) is -0.794. The van der Waals surface area contributed by atoms with Gasteiger partial charge in [0, 0.05) is 0 Å². The van der Waals surface area contributed by atoms with Crippen molar-refractivity contribution in [3.05, 3.63) is 12.2 Å². The van der Waals surface area contributed by atoms with E-state index >= 15 is 0 Å². The Labute approximate surface area is 382 Å². The third-order valence-corrected chi connectivity index (χ3v) is 13.4. The lowest BCUT2D eigenvalue weighted by atomic mass is 10.0. The molecule has 0 spiro atoms. The van der Waals surface area contributed by atoms with Crippen LogP contribution >= 0.6 is 0 Å². The van der Waals surface area contributed by atoms with Crippen LogP contribution in [0.1, 0.15) is 316 Å². The van der Waals surface area contributed by atoms with E-state index in [0.29, 0.717) is 6.42 Å². The summed E-state index contributed by atoms with van der Waals surface area (Å²) in [5, 5.41) is 33.3. The van der Waals surface area contributed by atoms with Gasteiger partial charge in [0.2, 0.25) is 5.91 Å². The fourth-order valence-electron chi connectivity index (χ4n) is 9.01. The zero-order valence-electron chi connectivity index (χ0n) is 41.6. The Balaban J connectivity index is 3.50. The summed E-state index contributed by atoms with van der Waals surface area (Å²) in [5.74, 6) is -0.496. The molecule has 5 heteroatoms. The van der Waals surface area contributed by atoms with Crippen LogP contribution in [0, 0.1) is 0 Å². The molecule has 0 saturated heterocycles. The van der Waals surface area contributed by atoms with E-state index in [1.54, 1.807) is 6.08 Å². The number of allylic oxidation sites excluding steroid dienone is 1. The highest BCUT2D eigenvalue weighted by atomic mass is 16.3. The molecule has 1 amide bonds. The van der Waals surface area contributed by atoms with Crippen molar-refractivity contribution < 1.29 is 20.1 Å². The molecular formula is C56H111NO4. The molecule has 0 fully saturated rings. The monoisotopic (exact) mass is 862 g/mol. The van der Waals surface area contributed by atoms with Gasteiger partial charge >= 0.3 is 0 Å². The Hall–Kier alpha value is -0.910. The van der Waals surface area contributed by atoms with Crippen LogP contribution in [-0.4, -0.2) is 46.1 Å². The second-order valence-corrected chi connectivity index (χ2v) is 19.5. The molecule has 0 aliphatic heterocycles. The molecule has 0 aromatic heterocycles. The molecule has 0 aliphatic rings. The molecule has 0 saturated carbocycles. The van der Waals surface area contributed by atoms with Gasteiger partial charge in [0.05, 0.1) is 18.8 Å². The number of carbonyl (C=O) groups is 1. The first-order valence-corrected chi connectivity index (χ1v) is 28.0. The smallest absolute Gasteiger partial charge is 0.249 e. The van der Waals surface area contributed by atoms with Gasteiger partial charge in [-0.2, -0.15) is 0 Å². The van der Waals surface area contributed by atoms with Crippen LogP contribution in [0.15, 0.2) is 12.2 Å². The Morgan fingerprint density at radius 3 is 0.902 bits per heavy atom. The average Bonchev–Trinajstić information content (AvgIpc) is 3.26. The van der Waals surface area contributed by atoms with Crippen molar-refractivity contribution in [3.63, 3.8) is 0 Å². The Morgan fingerprint density at radius 2 is 0.639 bits per heavy atom. The molecular weight excluding hydrogens is 751 g/mol. The van der Waals surface area contributed by atoms with Gasteiger partial charge in [0.25, 0.3) is 0 Å². The lowest BCUT2D eigenvalue weighted by Crippen LogP contribution is -2.48. The fraction of sp³-hybridized carbons (Fsp3) is 0.946. The van der Waals surface area contributed by atoms with E-state index in [1.165, 1.54) is 263 Å². The first-order chi connectivity index (χ1) is 30.1. The van der Waals surface area contributed by atoms with E-state index in [1.807, 2.05) is 6.08 Å². The number of hydrogen-bond acceptors (Lipinski definition) is 4. The highest BCUT2D eigenvalue weighted by Crippen LogP contribution is 2.18. The summed E-state index contributed by atoms with van der Waals surface area (Å²) in [6.45, 7) is 4.22. The molecule has 0 bridgehead atoms. The van der Waals surface area contributed by atoms with Crippen molar-refractivity contribution in [2.24, 2.45) is 0 Å². The van der Waals surface area contributed by atoms with E-state index < -0.39 is 24.2 Å². The van der Waals surface area contributed by atoms with Crippen molar-refractivity contribution in [1.82, 2.24) is 5.32 Å². The number of nitrogens with one attached hydrogen (secondary N) is 1. The third-order valence-electron chi connectivity index (χ3n) is 13.4. The topological polar surface area (TPSA) is 89.8 Å². The first kappa shape index (κ1) is 60.1. The highest BCUT2D eigenvalue weighted by molar-refractivity contribution is 5.80. The molecule has 0 heterocycles. The van der Waals surface area contributed by atoms with Crippen LogP contribution in [0.2, 0.25) is 0 Å². The van der Waals surface area contributed by atoms with Gasteiger partial charge in [-0.05, 0) is 19.3 Å². The summed E-state index contributed by atoms with van der Waals surface area (Å²) in [5.41, 5.74) is 0. The van der Waals surface area contributed by atoms with Crippen LogP contribution in [-0.2, 0) is 4.79 Å². The summed E-state index contributed by atoms with van der Waals surface area (Å²) >= 11 is 0. The second kappa shape index (κ2) is 51.7. The van der Waals surface area contributed by atoms with E-state index in [0.717, 1.165) is 32.1 Å². The number of hydrogen-bond donors (Lipinski definition) is 4. The molecule has 4 N–H and O–H groups in total. The highest BCUT2D eigenvalue weighted by Gasteiger charge is 2.22. The largest absolute Gasteiger partial charge is 0.394 e. The normalized spacial score (nSPS) is 13.3. The van der Waals surface area contributed by atoms with Crippen LogP contribution in [0.5, 0.6) is 0 Å². The quantitative estimate of drug-likeness (QED) is 0.0362. The maximum absolute atomic E-state index is 12.5. The number of carbonyl (C=O) groups excluding carboxylic acids is 1. The summed E-state index contributed by atoms with van der Waals surface area (Å²) in [4.78, 5) is 12.5. The summed E-state index contributed by atoms with van der Waals surface area (Å²) < 4.78 is 0. The van der Waals surface area contributed by atoms with Gasteiger partial charge in [0.1, 0.15) is 6.10 Å². The summed E-state index contributed by atoms with van der Waals surface area (Å²) in [6.07, 6.45) is 64.4. The Bertz CT molecular complexity index is 864. The van der Waals surface area contributed by atoms with Gasteiger partial charge in [-0.15, -0.1) is 0 Å². The SMILES string of the molecule is CCCCCCCCCCCCCCCCC/C=C/C(O)C(CO)NC(=O)C(O)CCCCCCCCCCCCCCCCCCCCCCCCCCCCCCCC. The average molecular weight is 863 g/mol. The van der Waals surface area contributed by atoms with Crippen LogP contribution < -0.4 is 5.32 Å². The van der Waals surface area contributed by atoms with E-state index in [-0.39, 0.29) is 6.61 Å². The molecule has 0 aromatic rings. The van der Waals surface area contributed by atoms with Gasteiger partial charge in [-0.25, -0.2) is 0 Å². The van der Waals surface area contributed by atoms with Crippen LogP contribution in [0.3, 0.4) is 0 Å². The molecule has 364 valence electrons. The van der Waals surface area contributed by atoms with Crippen molar-refractivity contribution in [2.75, 3.05) is 6.61 Å². The first-order valence-electron chi connectivity index (χ1n) is 28.0. The molecule has 0 rings (SSSR count). The maximum atomic E-state index is 12.5. The van der Waals surface area contributed by atoms with Crippen LogP contribution in [0.4, 0.5) is 0 Å². The van der Waals surface area contributed by atoms with Crippen molar-refractivity contribution in [3.8, 4) is 0 Å². The van der Waals surface area contributed by atoms with Crippen molar-refractivity contribution >= 4 is 5.91 Å². The van der Waals surface area contributed by atoms with Gasteiger partial charge in [-0.1, -0.05) is 309 Å². The summed E-state index contributed by atoms with van der Waals surface area (Å²) in [7, 11) is 0. The van der Waals surface area contributed by atoms with E-state index in [9.17, 15) is 20.1 Å². The van der Waals surface area contributed by atoms with Crippen LogP contribution in [0.25, 0.3) is 0 Å². The van der Waals surface area contributed by atoms with E-state index in [2.05, 4.69) is 19.2 Å². The minimum absolute atomic E-state index is 0.359. The van der Waals surface area contributed by atoms with Crippen molar-refractivity contribution in [2.45, 2.75) is 334 Å². The lowest BCUT2D eigenvalue weighted by Gasteiger charge is -2.21. The van der Waals surface area contributed by atoms with Gasteiger partial charge < -0.3 is 20.6 Å². The molecule has 0 radical (unpaired) electrons. The number of aliphatic hydroxyl groups excluding tert-OH is 3. The van der Waals surface area contributed by atoms with E-state index in [4.69, 9.17) is 0 Å². The number of rotatable bonds is 52. The van der Waals surface area contributed by atoms with Gasteiger partial charge in [-0.3, -0.25) is 4.79 Å². The Morgan fingerprint density at radius 1 is 0.393 bits per heavy atom. The number of amides is 1. The Kier molecular flexibility index (Phi) is 51.0. The number of unbranched alkanes of at least 4 members (excludes halogenated alkanes) is 44. The molecule has 5 nitrogen and oxygen atoms in total. The standard InChI is InChI=1S/C56H111NO4/c1-3-5-7-9-11-13-15-17-19-21-22-23-24-25-26-27-28-29-30-31-32-33-35-37-39-41-43-45-47-49-51-55(60)56(61)57-53(52-58)54(59)50-48-46-44-42-40-38-36-34-20-18-16-14-12-10-8-6-4-2/h48,50,53-55,58-60H,3-47,49,51-52H2,1-2H3,(H,57,61)/b50-48+. The molecule has 61 heavy (non-hydrogen) atoms. The predicted molar refractivity (Wildman–Crippen MR) is 269 cm³/mol. The maximum Gasteiger partial charge on any atom is 0.249 e. The zero-order valence-corrected chi connectivity index (χ0v) is 41.6. The zero-order chi connectivity index (χ0) is 44.4. The molecule has 3 atom stereocenters. The minimum Gasteiger partial charge on any atom is -0.394 e. The molecule has 0 aliphatic carbocycles. The lowest BCUT2D eigenvalue weighted by molar-refractivity contribution is -0.131. The third kappa shape index (κ3) is 46.9. The minimum atomic E-state index is -1.09. The predicted octanol–water partition coefficient (Wildman–Crippen LogP) is 17.1. The van der Waals surface area contributed by atoms with Gasteiger partial charge in [0.15, 0.2) is 0 Å². The molecule has 0 aromatic carbocycles. The number of aliphatic hydroxyl groups is 3. The fourth-order valence-corrected chi connectivity index (χ4v) is 9.01. The van der Waals surface area contributed by atoms with Crippen molar-refractivity contribution in [1.29, 1.82) is 0 Å². The second-order valence-electron chi connectivity index (χ2n) is 19.5.